The SMILES string of the molecule is Cc1cccc2c(=O)n(CCC(=O)N(C)Cc3ccc(F)cc3)cnc12. The van der Waals surface area contributed by atoms with Crippen LogP contribution in [0.5, 0.6) is 0 Å². The van der Waals surface area contributed by atoms with Gasteiger partial charge in [0.05, 0.1) is 17.2 Å². The molecule has 0 radical (unpaired) electrons. The van der Waals surface area contributed by atoms with Gasteiger partial charge in [-0.05, 0) is 36.2 Å². The maximum Gasteiger partial charge on any atom is 0.261 e. The Morgan fingerprint density at radius 1 is 1.19 bits per heavy atom. The number of aromatic nitrogens is 2. The second kappa shape index (κ2) is 7.47. The number of nitrogens with zero attached hydrogens (tertiary/aromatic N) is 3. The summed E-state index contributed by atoms with van der Waals surface area (Å²) in [6, 6.07) is 11.5. The van der Waals surface area contributed by atoms with Crippen LogP contribution >= 0.6 is 0 Å². The van der Waals surface area contributed by atoms with Crippen LogP contribution in [0, 0.1) is 12.7 Å². The largest absolute Gasteiger partial charge is 0.341 e. The number of hydrogen-bond donors (Lipinski definition) is 0. The Morgan fingerprint density at radius 3 is 2.65 bits per heavy atom. The highest BCUT2D eigenvalue weighted by Gasteiger charge is 2.11. The molecule has 1 heterocycles. The van der Waals surface area contributed by atoms with Crippen molar-refractivity contribution in [3.05, 3.63) is 76.1 Å². The van der Waals surface area contributed by atoms with Crippen molar-refractivity contribution in [2.45, 2.75) is 26.4 Å². The molecule has 0 N–H and O–H groups in total. The molecule has 1 aromatic heterocycles. The third-order valence-corrected chi connectivity index (χ3v) is 4.38. The number of amides is 1. The number of hydrogen-bond acceptors (Lipinski definition) is 3. The Balaban J connectivity index is 1.67. The van der Waals surface area contributed by atoms with Crippen molar-refractivity contribution in [1.82, 2.24) is 14.5 Å². The fraction of sp³-hybridized carbons (Fsp3) is 0.250. The minimum atomic E-state index is -0.304. The molecule has 6 heteroatoms. The molecule has 2 aromatic carbocycles. The topological polar surface area (TPSA) is 55.2 Å². The van der Waals surface area contributed by atoms with Gasteiger partial charge in [-0.3, -0.25) is 14.2 Å². The third-order valence-electron chi connectivity index (χ3n) is 4.38. The van der Waals surface area contributed by atoms with E-state index in [9.17, 15) is 14.0 Å². The first kappa shape index (κ1) is 17.8. The predicted octanol–water partition coefficient (Wildman–Crippen LogP) is 2.89. The maximum absolute atomic E-state index is 12.9. The molecule has 0 unspecified atom stereocenters. The number of aryl methyl sites for hydroxylation is 2. The van der Waals surface area contributed by atoms with Gasteiger partial charge in [-0.1, -0.05) is 24.3 Å². The Hall–Kier alpha value is -3.02. The Kier molecular flexibility index (Phi) is 5.11. The fourth-order valence-electron chi connectivity index (χ4n) is 2.86. The molecule has 0 saturated heterocycles. The van der Waals surface area contributed by atoms with E-state index in [2.05, 4.69) is 4.98 Å². The number of carbonyl (C=O) groups is 1. The van der Waals surface area contributed by atoms with E-state index in [4.69, 9.17) is 0 Å². The quantitative estimate of drug-likeness (QED) is 0.709. The van der Waals surface area contributed by atoms with E-state index in [-0.39, 0.29) is 30.2 Å². The molecule has 0 aliphatic carbocycles. The molecule has 0 fully saturated rings. The minimum Gasteiger partial charge on any atom is -0.341 e. The molecule has 0 bridgehead atoms. The van der Waals surface area contributed by atoms with E-state index in [0.29, 0.717) is 17.4 Å². The summed E-state index contributed by atoms with van der Waals surface area (Å²) in [5.41, 5.74) is 2.34. The average Bonchev–Trinajstić information content (AvgIpc) is 2.63. The number of benzene rings is 2. The van der Waals surface area contributed by atoms with Gasteiger partial charge in [0.25, 0.3) is 5.56 Å². The summed E-state index contributed by atoms with van der Waals surface area (Å²) in [4.78, 5) is 30.8. The zero-order chi connectivity index (χ0) is 18.7. The summed E-state index contributed by atoms with van der Waals surface area (Å²) in [6.45, 7) is 2.57. The lowest BCUT2D eigenvalue weighted by Gasteiger charge is -2.17. The summed E-state index contributed by atoms with van der Waals surface area (Å²) in [6.07, 6.45) is 1.68. The van der Waals surface area contributed by atoms with Crippen molar-refractivity contribution >= 4 is 16.8 Å². The van der Waals surface area contributed by atoms with Gasteiger partial charge in [0, 0.05) is 26.6 Å². The van der Waals surface area contributed by atoms with Crippen LogP contribution in [0.2, 0.25) is 0 Å². The minimum absolute atomic E-state index is 0.0921. The van der Waals surface area contributed by atoms with Crippen molar-refractivity contribution in [3.8, 4) is 0 Å². The Labute approximate surface area is 150 Å². The zero-order valence-corrected chi connectivity index (χ0v) is 14.8. The Bertz CT molecular complexity index is 996. The van der Waals surface area contributed by atoms with Crippen LogP contribution in [0.25, 0.3) is 10.9 Å². The van der Waals surface area contributed by atoms with Gasteiger partial charge >= 0.3 is 0 Å². The lowest BCUT2D eigenvalue weighted by atomic mass is 10.1. The summed E-state index contributed by atoms with van der Waals surface area (Å²) < 4.78 is 14.4. The molecular formula is C20H20FN3O2. The first-order chi connectivity index (χ1) is 12.5. The monoisotopic (exact) mass is 353 g/mol. The molecule has 0 aliphatic heterocycles. The standard InChI is InChI=1S/C20H20FN3O2/c1-14-4-3-5-17-19(14)22-13-24(20(17)26)11-10-18(25)23(2)12-15-6-8-16(21)9-7-15/h3-9,13H,10-12H2,1-2H3. The van der Waals surface area contributed by atoms with Crippen LogP contribution in [0.4, 0.5) is 4.39 Å². The maximum atomic E-state index is 12.9. The number of carbonyl (C=O) groups excluding carboxylic acids is 1. The molecule has 3 aromatic rings. The summed E-state index contributed by atoms with van der Waals surface area (Å²) in [5.74, 6) is -0.397. The van der Waals surface area contributed by atoms with E-state index in [1.54, 1.807) is 30.1 Å². The zero-order valence-electron chi connectivity index (χ0n) is 14.8. The smallest absolute Gasteiger partial charge is 0.261 e. The first-order valence-electron chi connectivity index (χ1n) is 8.39. The second-order valence-corrected chi connectivity index (χ2v) is 6.34. The molecular weight excluding hydrogens is 333 g/mol. The van der Waals surface area contributed by atoms with Gasteiger partial charge in [0.2, 0.25) is 5.91 Å². The average molecular weight is 353 g/mol. The van der Waals surface area contributed by atoms with E-state index in [1.807, 2.05) is 19.1 Å². The number of fused-ring (bicyclic) bond motifs is 1. The van der Waals surface area contributed by atoms with Gasteiger partial charge in [0.15, 0.2) is 0 Å². The summed E-state index contributed by atoms with van der Waals surface area (Å²) in [7, 11) is 1.69. The summed E-state index contributed by atoms with van der Waals surface area (Å²) >= 11 is 0. The fourth-order valence-corrected chi connectivity index (χ4v) is 2.86. The number of rotatable bonds is 5. The predicted molar refractivity (Wildman–Crippen MR) is 98.2 cm³/mol. The van der Waals surface area contributed by atoms with Crippen molar-refractivity contribution in [2.75, 3.05) is 7.05 Å². The second-order valence-electron chi connectivity index (χ2n) is 6.34. The van der Waals surface area contributed by atoms with Gasteiger partial charge in [-0.15, -0.1) is 0 Å². The van der Waals surface area contributed by atoms with E-state index < -0.39 is 0 Å². The highest BCUT2D eigenvalue weighted by molar-refractivity contribution is 5.80. The number of halogens is 1. The number of para-hydroxylation sites is 1. The molecule has 3 rings (SSSR count). The lowest BCUT2D eigenvalue weighted by Crippen LogP contribution is -2.29. The highest BCUT2D eigenvalue weighted by atomic mass is 19.1. The molecule has 0 saturated carbocycles. The highest BCUT2D eigenvalue weighted by Crippen LogP contribution is 2.11. The van der Waals surface area contributed by atoms with Crippen LogP contribution in [-0.4, -0.2) is 27.4 Å². The van der Waals surface area contributed by atoms with Crippen LogP contribution in [0.1, 0.15) is 17.5 Å². The van der Waals surface area contributed by atoms with E-state index in [1.165, 1.54) is 23.0 Å². The van der Waals surface area contributed by atoms with E-state index in [0.717, 1.165) is 11.1 Å². The van der Waals surface area contributed by atoms with Crippen molar-refractivity contribution < 1.29 is 9.18 Å². The van der Waals surface area contributed by atoms with Crippen LogP contribution < -0.4 is 5.56 Å². The van der Waals surface area contributed by atoms with Crippen molar-refractivity contribution in [1.29, 1.82) is 0 Å². The van der Waals surface area contributed by atoms with Gasteiger partial charge < -0.3 is 4.90 Å². The Morgan fingerprint density at radius 2 is 1.92 bits per heavy atom. The van der Waals surface area contributed by atoms with Crippen LogP contribution in [-0.2, 0) is 17.9 Å². The summed E-state index contributed by atoms with van der Waals surface area (Å²) in [5, 5.41) is 0.555. The van der Waals surface area contributed by atoms with E-state index >= 15 is 0 Å². The molecule has 134 valence electrons. The van der Waals surface area contributed by atoms with Crippen molar-refractivity contribution in [2.24, 2.45) is 0 Å². The first-order valence-corrected chi connectivity index (χ1v) is 8.39. The van der Waals surface area contributed by atoms with Gasteiger partial charge in [0.1, 0.15) is 5.82 Å². The molecule has 26 heavy (non-hydrogen) atoms. The van der Waals surface area contributed by atoms with Crippen LogP contribution in [0.3, 0.4) is 0 Å². The van der Waals surface area contributed by atoms with Crippen LogP contribution in [0.15, 0.2) is 53.6 Å². The lowest BCUT2D eigenvalue weighted by molar-refractivity contribution is -0.130. The molecule has 1 amide bonds. The molecule has 0 atom stereocenters. The van der Waals surface area contributed by atoms with Crippen molar-refractivity contribution in [3.63, 3.8) is 0 Å². The molecule has 0 spiro atoms. The molecule has 5 nitrogen and oxygen atoms in total. The van der Waals surface area contributed by atoms with Gasteiger partial charge in [-0.25, -0.2) is 9.37 Å². The third kappa shape index (κ3) is 3.79. The normalized spacial score (nSPS) is 10.9. The van der Waals surface area contributed by atoms with Gasteiger partial charge in [-0.2, -0.15) is 0 Å². The molecule has 0 aliphatic rings.